The predicted molar refractivity (Wildman–Crippen MR) is 91.1 cm³/mol. The van der Waals surface area contributed by atoms with Crippen molar-refractivity contribution in [3.05, 3.63) is 54.0 Å². The molecule has 110 valence electrons. The van der Waals surface area contributed by atoms with Gasteiger partial charge in [0, 0.05) is 28.5 Å². The first-order chi connectivity index (χ1) is 10.7. The minimum absolute atomic E-state index is 0.406. The number of fused-ring (bicyclic) bond motifs is 1. The number of hydrogen-bond acceptors (Lipinski definition) is 3. The van der Waals surface area contributed by atoms with Crippen LogP contribution in [0, 0.1) is 18.3 Å². The van der Waals surface area contributed by atoms with Gasteiger partial charge in [0.05, 0.1) is 23.7 Å². The third kappa shape index (κ3) is 2.60. The molecule has 1 aromatic carbocycles. The standard InChI is InChI=1S/C18H17N3S/c1-3-22-16-12-15(8-9-19)21-11-10-20-17(18(16)21)14-6-4-13(2)5-7-14/h4-7,10-12H,3,8H2,1-2H3. The van der Waals surface area contributed by atoms with Crippen LogP contribution in [0.5, 0.6) is 0 Å². The number of nitrogens with zero attached hydrogens (tertiary/aromatic N) is 3. The first-order valence-corrected chi connectivity index (χ1v) is 8.29. The van der Waals surface area contributed by atoms with E-state index in [1.807, 2.05) is 12.4 Å². The van der Waals surface area contributed by atoms with Crippen molar-refractivity contribution in [2.45, 2.75) is 25.2 Å². The first-order valence-electron chi connectivity index (χ1n) is 7.30. The van der Waals surface area contributed by atoms with Crippen LogP contribution in [-0.2, 0) is 6.42 Å². The van der Waals surface area contributed by atoms with Gasteiger partial charge in [-0.05, 0) is 18.7 Å². The summed E-state index contributed by atoms with van der Waals surface area (Å²) in [5, 5.41) is 9.05. The molecule has 3 rings (SSSR count). The average Bonchev–Trinajstić information content (AvgIpc) is 2.87. The summed E-state index contributed by atoms with van der Waals surface area (Å²) in [5.41, 5.74) is 5.44. The lowest BCUT2D eigenvalue weighted by molar-refractivity contribution is 1.04. The fraction of sp³-hybridized carbons (Fsp3) is 0.222. The molecule has 22 heavy (non-hydrogen) atoms. The number of aryl methyl sites for hydroxylation is 1. The summed E-state index contributed by atoms with van der Waals surface area (Å²) in [7, 11) is 0. The minimum Gasteiger partial charge on any atom is -0.315 e. The van der Waals surface area contributed by atoms with E-state index in [9.17, 15) is 0 Å². The molecule has 0 saturated heterocycles. The zero-order chi connectivity index (χ0) is 15.5. The molecule has 0 aliphatic rings. The van der Waals surface area contributed by atoms with Gasteiger partial charge in [-0.15, -0.1) is 11.8 Å². The molecule has 3 aromatic rings. The predicted octanol–water partition coefficient (Wildman–Crippen LogP) is 4.49. The van der Waals surface area contributed by atoms with Crippen LogP contribution >= 0.6 is 11.8 Å². The molecule has 0 unspecified atom stereocenters. The van der Waals surface area contributed by atoms with Crippen molar-refractivity contribution in [2.24, 2.45) is 0 Å². The van der Waals surface area contributed by atoms with E-state index in [4.69, 9.17) is 5.26 Å². The summed E-state index contributed by atoms with van der Waals surface area (Å²) in [6, 6.07) is 12.8. The lowest BCUT2D eigenvalue weighted by Gasteiger charge is -2.07. The van der Waals surface area contributed by atoms with Crippen LogP contribution in [-0.4, -0.2) is 15.1 Å². The second-order valence-corrected chi connectivity index (χ2v) is 6.43. The summed E-state index contributed by atoms with van der Waals surface area (Å²) >= 11 is 1.79. The minimum atomic E-state index is 0.406. The van der Waals surface area contributed by atoms with E-state index in [-0.39, 0.29) is 0 Å². The van der Waals surface area contributed by atoms with E-state index in [0.717, 1.165) is 28.2 Å². The number of nitriles is 1. The SMILES string of the molecule is CCSc1cc(CC#N)n2ccnc(-c3ccc(C)cc3)c12. The van der Waals surface area contributed by atoms with Gasteiger partial charge < -0.3 is 4.40 Å². The number of hydrogen-bond donors (Lipinski definition) is 0. The van der Waals surface area contributed by atoms with Crippen LogP contribution in [0.1, 0.15) is 18.2 Å². The quantitative estimate of drug-likeness (QED) is 0.667. The third-order valence-corrected chi connectivity index (χ3v) is 4.52. The summed E-state index contributed by atoms with van der Waals surface area (Å²) in [6.07, 6.45) is 4.16. The molecule has 4 heteroatoms. The van der Waals surface area contributed by atoms with Gasteiger partial charge in [-0.1, -0.05) is 36.8 Å². The Bertz CT molecular complexity index is 841. The average molecular weight is 307 g/mol. The largest absolute Gasteiger partial charge is 0.315 e. The van der Waals surface area contributed by atoms with Crippen LogP contribution in [0.2, 0.25) is 0 Å². The Hall–Kier alpha value is -2.25. The van der Waals surface area contributed by atoms with Crippen LogP contribution in [0.25, 0.3) is 16.8 Å². The lowest BCUT2D eigenvalue weighted by atomic mass is 10.1. The first kappa shape index (κ1) is 14.7. The maximum atomic E-state index is 9.05. The highest BCUT2D eigenvalue weighted by Crippen LogP contribution is 2.33. The fourth-order valence-corrected chi connectivity index (χ4v) is 3.46. The van der Waals surface area contributed by atoms with Crippen molar-refractivity contribution in [1.82, 2.24) is 9.38 Å². The second kappa shape index (κ2) is 6.25. The van der Waals surface area contributed by atoms with E-state index in [1.54, 1.807) is 11.8 Å². The highest BCUT2D eigenvalue weighted by atomic mass is 32.2. The topological polar surface area (TPSA) is 41.1 Å². The molecule has 0 bridgehead atoms. The molecule has 2 aromatic heterocycles. The zero-order valence-electron chi connectivity index (χ0n) is 12.7. The highest BCUT2D eigenvalue weighted by molar-refractivity contribution is 7.99. The van der Waals surface area contributed by atoms with Gasteiger partial charge in [-0.2, -0.15) is 5.26 Å². The van der Waals surface area contributed by atoms with Crippen molar-refractivity contribution in [3.8, 4) is 17.3 Å². The van der Waals surface area contributed by atoms with Gasteiger partial charge >= 0.3 is 0 Å². The summed E-state index contributed by atoms with van der Waals surface area (Å²) in [6.45, 7) is 4.22. The van der Waals surface area contributed by atoms with Crippen LogP contribution < -0.4 is 0 Å². The Kier molecular flexibility index (Phi) is 4.17. The Morgan fingerprint density at radius 2 is 2.05 bits per heavy atom. The summed E-state index contributed by atoms with van der Waals surface area (Å²) in [5.74, 6) is 0.994. The van der Waals surface area contributed by atoms with Crippen molar-refractivity contribution in [2.75, 3.05) is 5.75 Å². The molecular weight excluding hydrogens is 290 g/mol. The summed E-state index contributed by atoms with van der Waals surface area (Å²) in [4.78, 5) is 5.80. The lowest BCUT2D eigenvalue weighted by Crippen LogP contribution is -1.95. The fourth-order valence-electron chi connectivity index (χ4n) is 2.59. The molecule has 0 aliphatic carbocycles. The van der Waals surface area contributed by atoms with Gasteiger partial charge in [0.15, 0.2) is 0 Å². The molecule has 0 radical (unpaired) electrons. The number of benzene rings is 1. The number of thioether (sulfide) groups is 1. The zero-order valence-corrected chi connectivity index (χ0v) is 13.5. The van der Waals surface area contributed by atoms with Crippen molar-refractivity contribution in [1.29, 1.82) is 5.26 Å². The summed E-state index contributed by atoms with van der Waals surface area (Å²) < 4.78 is 2.10. The molecule has 0 amide bonds. The van der Waals surface area contributed by atoms with Crippen molar-refractivity contribution >= 4 is 17.3 Å². The molecule has 0 saturated carbocycles. The second-order valence-electron chi connectivity index (χ2n) is 5.13. The molecule has 0 atom stereocenters. The Morgan fingerprint density at radius 1 is 1.27 bits per heavy atom. The van der Waals surface area contributed by atoms with Gasteiger partial charge in [0.25, 0.3) is 0 Å². The highest BCUT2D eigenvalue weighted by Gasteiger charge is 2.14. The molecule has 3 nitrogen and oxygen atoms in total. The molecule has 0 fully saturated rings. The van der Waals surface area contributed by atoms with Crippen LogP contribution in [0.4, 0.5) is 0 Å². The molecule has 0 aliphatic heterocycles. The van der Waals surface area contributed by atoms with Gasteiger partial charge in [0.1, 0.15) is 0 Å². The molecular formula is C18H17N3S. The van der Waals surface area contributed by atoms with Gasteiger partial charge in [-0.25, -0.2) is 0 Å². The maximum Gasteiger partial charge on any atom is 0.0954 e. The molecule has 0 N–H and O–H groups in total. The van der Waals surface area contributed by atoms with E-state index in [1.165, 1.54) is 10.5 Å². The van der Waals surface area contributed by atoms with E-state index >= 15 is 0 Å². The normalized spacial score (nSPS) is 10.8. The van der Waals surface area contributed by atoms with E-state index in [2.05, 4.69) is 59.6 Å². The monoisotopic (exact) mass is 307 g/mol. The molecule has 0 spiro atoms. The number of rotatable bonds is 4. The maximum absolute atomic E-state index is 9.05. The van der Waals surface area contributed by atoms with Crippen LogP contribution in [0.15, 0.2) is 47.6 Å². The van der Waals surface area contributed by atoms with E-state index in [0.29, 0.717) is 6.42 Å². The Balaban J connectivity index is 2.26. The third-order valence-electron chi connectivity index (χ3n) is 3.61. The van der Waals surface area contributed by atoms with Crippen molar-refractivity contribution < 1.29 is 0 Å². The smallest absolute Gasteiger partial charge is 0.0954 e. The Morgan fingerprint density at radius 3 is 2.73 bits per heavy atom. The van der Waals surface area contributed by atoms with Crippen LogP contribution in [0.3, 0.4) is 0 Å². The molecule has 2 heterocycles. The Labute approximate surface area is 134 Å². The number of aromatic nitrogens is 2. The van der Waals surface area contributed by atoms with Crippen molar-refractivity contribution in [3.63, 3.8) is 0 Å². The van der Waals surface area contributed by atoms with E-state index < -0.39 is 0 Å². The van der Waals surface area contributed by atoms with Gasteiger partial charge in [-0.3, -0.25) is 4.98 Å². The van der Waals surface area contributed by atoms with Gasteiger partial charge in [0.2, 0.25) is 0 Å².